The molecule has 7 nitrogen and oxygen atoms in total. The van der Waals surface area contributed by atoms with Crippen LogP contribution >= 0.6 is 0 Å². The first kappa shape index (κ1) is 14.0. The van der Waals surface area contributed by atoms with Gasteiger partial charge in [-0.05, 0) is 6.92 Å². The summed E-state index contributed by atoms with van der Waals surface area (Å²) in [4.78, 5) is 3.99. The van der Waals surface area contributed by atoms with Crippen molar-refractivity contribution in [3.8, 4) is 0 Å². The first-order valence-corrected chi connectivity index (χ1v) is 8.30. The van der Waals surface area contributed by atoms with Crippen LogP contribution in [-0.4, -0.2) is 54.4 Å². The number of aryl methyl sites for hydroxylation is 1. The van der Waals surface area contributed by atoms with Crippen LogP contribution in [0.2, 0.25) is 0 Å². The minimum atomic E-state index is -3.51. The Kier molecular flexibility index (Phi) is 3.57. The van der Waals surface area contributed by atoms with Gasteiger partial charge in [-0.15, -0.1) is 0 Å². The Hall–Kier alpha value is -0.960. The van der Waals surface area contributed by atoms with E-state index in [1.807, 2.05) is 6.92 Å². The topological polar surface area (TPSA) is 73.7 Å². The number of nitrogens with zero attached hydrogens (tertiary/aromatic N) is 3. The molecule has 3 heterocycles. The summed E-state index contributed by atoms with van der Waals surface area (Å²) in [6, 6.07) is 0. The molecule has 8 heteroatoms. The highest BCUT2D eigenvalue weighted by Crippen LogP contribution is 2.33. The van der Waals surface area contributed by atoms with Crippen molar-refractivity contribution in [1.29, 1.82) is 0 Å². The molecule has 0 amide bonds. The van der Waals surface area contributed by atoms with Gasteiger partial charge in [-0.2, -0.15) is 4.31 Å². The van der Waals surface area contributed by atoms with Gasteiger partial charge in [0.25, 0.3) is 10.0 Å². The van der Waals surface area contributed by atoms with E-state index in [9.17, 15) is 8.42 Å². The van der Waals surface area contributed by atoms with Gasteiger partial charge in [-0.3, -0.25) is 0 Å². The molecule has 2 aliphatic heterocycles. The number of rotatable bonds is 3. The van der Waals surface area contributed by atoms with Gasteiger partial charge in [0.15, 0.2) is 10.8 Å². The fraction of sp³-hybridized carbons (Fsp3) is 0.750. The third-order valence-electron chi connectivity index (χ3n) is 3.88. The lowest BCUT2D eigenvalue weighted by molar-refractivity contribution is -0.179. The van der Waals surface area contributed by atoms with Crippen molar-refractivity contribution in [3.63, 3.8) is 0 Å². The van der Waals surface area contributed by atoms with E-state index in [-0.39, 0.29) is 5.03 Å². The first-order chi connectivity index (χ1) is 9.56. The fourth-order valence-electron chi connectivity index (χ4n) is 2.63. The van der Waals surface area contributed by atoms with Gasteiger partial charge < -0.3 is 14.0 Å². The van der Waals surface area contributed by atoms with Crippen molar-refractivity contribution in [2.75, 3.05) is 26.3 Å². The average Bonchev–Trinajstić information content (AvgIpc) is 3.09. The van der Waals surface area contributed by atoms with E-state index in [1.165, 1.54) is 4.31 Å². The van der Waals surface area contributed by atoms with Crippen molar-refractivity contribution >= 4 is 10.0 Å². The molecule has 0 aromatic carbocycles. The minimum absolute atomic E-state index is 0.114. The molecular formula is C12H19N3O4S. The van der Waals surface area contributed by atoms with Crippen LogP contribution in [0.25, 0.3) is 0 Å². The molecule has 112 valence electrons. The molecule has 0 saturated carbocycles. The molecule has 0 aliphatic carbocycles. The summed E-state index contributed by atoms with van der Waals surface area (Å²) < 4.78 is 39.4. The Labute approximate surface area is 118 Å². The monoisotopic (exact) mass is 301 g/mol. The Bertz CT molecular complexity index is 567. The SMILES string of the molecule is CCn1cnc(S(=O)(=O)N2CCC3(CC2)OCCO3)c1. The van der Waals surface area contributed by atoms with E-state index >= 15 is 0 Å². The second kappa shape index (κ2) is 5.10. The zero-order chi connectivity index (χ0) is 14.2. The van der Waals surface area contributed by atoms with Crippen LogP contribution in [0.5, 0.6) is 0 Å². The predicted molar refractivity (Wildman–Crippen MR) is 70.5 cm³/mol. The molecule has 0 unspecified atom stereocenters. The van der Waals surface area contributed by atoms with E-state index in [1.54, 1.807) is 17.1 Å². The number of hydrogen-bond acceptors (Lipinski definition) is 5. The molecule has 0 radical (unpaired) electrons. The highest BCUT2D eigenvalue weighted by Gasteiger charge is 2.43. The second-order valence-electron chi connectivity index (χ2n) is 5.05. The molecular weight excluding hydrogens is 282 g/mol. The Balaban J connectivity index is 1.73. The zero-order valence-corrected chi connectivity index (χ0v) is 12.3. The number of aromatic nitrogens is 2. The molecule has 2 fully saturated rings. The number of piperidine rings is 1. The van der Waals surface area contributed by atoms with Crippen LogP contribution in [0.3, 0.4) is 0 Å². The molecule has 0 atom stereocenters. The van der Waals surface area contributed by atoms with Crippen LogP contribution < -0.4 is 0 Å². The number of hydrogen-bond donors (Lipinski definition) is 0. The summed E-state index contributed by atoms with van der Waals surface area (Å²) in [7, 11) is -3.51. The van der Waals surface area contributed by atoms with Gasteiger partial charge >= 0.3 is 0 Å². The molecule has 0 bridgehead atoms. The van der Waals surface area contributed by atoms with Crippen LogP contribution in [-0.2, 0) is 26.0 Å². The Morgan fingerprint density at radius 3 is 2.50 bits per heavy atom. The maximum Gasteiger partial charge on any atom is 0.262 e. The van der Waals surface area contributed by atoms with Gasteiger partial charge in [0.1, 0.15) is 0 Å². The summed E-state index contributed by atoms with van der Waals surface area (Å²) in [6.45, 7) is 4.63. The van der Waals surface area contributed by atoms with Gasteiger partial charge in [-0.1, -0.05) is 0 Å². The highest BCUT2D eigenvalue weighted by atomic mass is 32.2. The first-order valence-electron chi connectivity index (χ1n) is 6.86. The largest absolute Gasteiger partial charge is 0.347 e. The van der Waals surface area contributed by atoms with Gasteiger partial charge in [-0.25, -0.2) is 13.4 Å². The van der Waals surface area contributed by atoms with E-state index in [2.05, 4.69) is 4.98 Å². The number of imidazole rings is 1. The molecule has 2 aliphatic rings. The quantitative estimate of drug-likeness (QED) is 0.809. The van der Waals surface area contributed by atoms with E-state index in [0.29, 0.717) is 45.7 Å². The molecule has 1 aromatic rings. The molecule has 1 aromatic heterocycles. The van der Waals surface area contributed by atoms with Crippen molar-refractivity contribution in [2.45, 2.75) is 37.1 Å². The molecule has 3 rings (SSSR count). The van der Waals surface area contributed by atoms with Gasteiger partial charge in [0.2, 0.25) is 0 Å². The van der Waals surface area contributed by atoms with Crippen molar-refractivity contribution in [1.82, 2.24) is 13.9 Å². The molecule has 1 spiro atoms. The van der Waals surface area contributed by atoms with Crippen LogP contribution in [0.1, 0.15) is 19.8 Å². The summed E-state index contributed by atoms with van der Waals surface area (Å²) in [6.07, 6.45) is 4.26. The standard InChI is InChI=1S/C12H19N3O4S/c1-2-14-9-11(13-10-14)20(16,17)15-5-3-12(4-6-15)18-7-8-19-12/h9-10H,2-8H2,1H3. The highest BCUT2D eigenvalue weighted by molar-refractivity contribution is 7.89. The van der Waals surface area contributed by atoms with Crippen LogP contribution in [0.15, 0.2) is 17.6 Å². The summed E-state index contributed by atoms with van der Waals surface area (Å²) in [5, 5.41) is 0.114. The molecule has 0 N–H and O–H groups in total. The summed E-state index contributed by atoms with van der Waals surface area (Å²) in [5.74, 6) is -0.561. The van der Waals surface area contributed by atoms with Crippen molar-refractivity contribution in [3.05, 3.63) is 12.5 Å². The van der Waals surface area contributed by atoms with Crippen molar-refractivity contribution < 1.29 is 17.9 Å². The second-order valence-corrected chi connectivity index (χ2v) is 6.94. The van der Waals surface area contributed by atoms with Crippen molar-refractivity contribution in [2.24, 2.45) is 0 Å². The number of sulfonamides is 1. The Morgan fingerprint density at radius 2 is 1.95 bits per heavy atom. The summed E-state index contributed by atoms with van der Waals surface area (Å²) >= 11 is 0. The zero-order valence-electron chi connectivity index (χ0n) is 11.5. The predicted octanol–water partition coefficient (Wildman–Crippen LogP) is 0.431. The molecule has 2 saturated heterocycles. The maximum atomic E-state index is 12.5. The lowest BCUT2D eigenvalue weighted by Crippen LogP contribution is -2.47. The fourth-order valence-corrected chi connectivity index (χ4v) is 4.01. The molecule has 20 heavy (non-hydrogen) atoms. The third kappa shape index (κ3) is 2.37. The lowest BCUT2D eigenvalue weighted by Gasteiger charge is -2.36. The van der Waals surface area contributed by atoms with Crippen LogP contribution in [0.4, 0.5) is 0 Å². The average molecular weight is 301 g/mol. The minimum Gasteiger partial charge on any atom is -0.347 e. The smallest absolute Gasteiger partial charge is 0.262 e. The van der Waals surface area contributed by atoms with Gasteiger partial charge in [0.05, 0.1) is 19.5 Å². The lowest BCUT2D eigenvalue weighted by atomic mass is 10.1. The Morgan fingerprint density at radius 1 is 1.30 bits per heavy atom. The maximum absolute atomic E-state index is 12.5. The van der Waals surface area contributed by atoms with Crippen LogP contribution in [0, 0.1) is 0 Å². The summed E-state index contributed by atoms with van der Waals surface area (Å²) in [5.41, 5.74) is 0. The van der Waals surface area contributed by atoms with E-state index in [0.717, 1.165) is 0 Å². The van der Waals surface area contributed by atoms with Gasteiger partial charge in [0, 0.05) is 38.7 Å². The third-order valence-corrected chi connectivity index (χ3v) is 5.66. The van der Waals surface area contributed by atoms with E-state index in [4.69, 9.17) is 9.47 Å². The number of ether oxygens (including phenoxy) is 2. The normalized spacial score (nSPS) is 23.4. The van der Waals surface area contributed by atoms with E-state index < -0.39 is 15.8 Å².